The number of para-hydroxylation sites is 1. The van der Waals surface area contributed by atoms with Gasteiger partial charge in [0.25, 0.3) is 0 Å². The average molecular weight is 338 g/mol. The van der Waals surface area contributed by atoms with Crippen LogP contribution in [0.25, 0.3) is 0 Å². The number of nitrogens with two attached hydrogens (primary N) is 1. The van der Waals surface area contributed by atoms with Gasteiger partial charge in [0, 0.05) is 14.3 Å². The minimum absolute atomic E-state index is 0.388. The van der Waals surface area contributed by atoms with Crippen LogP contribution in [0, 0.1) is 0 Å². The van der Waals surface area contributed by atoms with E-state index >= 15 is 0 Å². The monoisotopic (exact) mass is 337 g/mol. The van der Waals surface area contributed by atoms with E-state index in [0.29, 0.717) is 11.3 Å². The number of anilines is 1. The van der Waals surface area contributed by atoms with Crippen molar-refractivity contribution in [2.45, 2.75) is 9.79 Å². The van der Waals surface area contributed by atoms with E-state index in [9.17, 15) is 4.79 Å². The van der Waals surface area contributed by atoms with Crippen molar-refractivity contribution in [2.24, 2.45) is 0 Å². The van der Waals surface area contributed by atoms with Crippen LogP contribution in [0.5, 0.6) is 0 Å². The molecule has 98 valence electrons. The van der Waals surface area contributed by atoms with Crippen LogP contribution in [0.15, 0.2) is 56.7 Å². The summed E-state index contributed by atoms with van der Waals surface area (Å²) < 4.78 is 5.70. The number of rotatable bonds is 3. The van der Waals surface area contributed by atoms with E-state index < -0.39 is 5.97 Å². The summed E-state index contributed by atoms with van der Waals surface area (Å²) in [6, 6.07) is 13.2. The van der Waals surface area contributed by atoms with Crippen molar-refractivity contribution in [3.63, 3.8) is 0 Å². The van der Waals surface area contributed by atoms with Gasteiger partial charge in [0.15, 0.2) is 0 Å². The molecule has 19 heavy (non-hydrogen) atoms. The number of benzene rings is 2. The molecular formula is C14H12BrNO2S. The van der Waals surface area contributed by atoms with Gasteiger partial charge in [-0.15, -0.1) is 0 Å². The molecule has 2 rings (SSSR count). The maximum Gasteiger partial charge on any atom is 0.339 e. The summed E-state index contributed by atoms with van der Waals surface area (Å²) in [6.07, 6.45) is 0. The maximum absolute atomic E-state index is 11.6. The molecule has 2 aromatic rings. The van der Waals surface area contributed by atoms with E-state index in [-0.39, 0.29) is 0 Å². The highest BCUT2D eigenvalue weighted by Crippen LogP contribution is 2.37. The van der Waals surface area contributed by atoms with Gasteiger partial charge in [-0.25, -0.2) is 4.79 Å². The van der Waals surface area contributed by atoms with Crippen molar-refractivity contribution in [3.05, 3.63) is 52.5 Å². The number of carbonyl (C=O) groups excluding carboxylic acids is 1. The van der Waals surface area contributed by atoms with Crippen molar-refractivity contribution in [1.82, 2.24) is 0 Å². The second-order valence-electron chi connectivity index (χ2n) is 3.74. The topological polar surface area (TPSA) is 52.3 Å². The first kappa shape index (κ1) is 14.0. The molecule has 2 aromatic carbocycles. The van der Waals surface area contributed by atoms with E-state index in [4.69, 9.17) is 10.5 Å². The fourth-order valence-electron chi connectivity index (χ4n) is 1.57. The highest BCUT2D eigenvalue weighted by atomic mass is 79.9. The SMILES string of the molecule is COC(=O)c1cccc(Sc2ccccc2Br)c1N. The van der Waals surface area contributed by atoms with E-state index in [1.54, 1.807) is 12.1 Å². The Hall–Kier alpha value is -1.46. The summed E-state index contributed by atoms with van der Waals surface area (Å²) in [6.45, 7) is 0. The highest BCUT2D eigenvalue weighted by Gasteiger charge is 2.14. The average Bonchev–Trinajstić information content (AvgIpc) is 2.42. The van der Waals surface area contributed by atoms with Gasteiger partial charge in [0.1, 0.15) is 0 Å². The third-order valence-electron chi connectivity index (χ3n) is 2.53. The molecule has 0 saturated carbocycles. The maximum atomic E-state index is 11.6. The lowest BCUT2D eigenvalue weighted by Crippen LogP contribution is -2.06. The summed E-state index contributed by atoms with van der Waals surface area (Å²) in [5.41, 5.74) is 6.85. The van der Waals surface area contributed by atoms with Crippen LogP contribution in [-0.4, -0.2) is 13.1 Å². The molecule has 0 heterocycles. The second kappa shape index (κ2) is 6.12. The van der Waals surface area contributed by atoms with Crippen molar-refractivity contribution in [1.29, 1.82) is 0 Å². The van der Waals surface area contributed by atoms with Crippen LogP contribution in [0.3, 0.4) is 0 Å². The van der Waals surface area contributed by atoms with Gasteiger partial charge in [-0.2, -0.15) is 0 Å². The summed E-state index contributed by atoms with van der Waals surface area (Å²) in [7, 11) is 1.34. The zero-order valence-electron chi connectivity index (χ0n) is 10.2. The number of carbonyl (C=O) groups is 1. The molecule has 0 aliphatic heterocycles. The van der Waals surface area contributed by atoms with Gasteiger partial charge in [-0.3, -0.25) is 0 Å². The summed E-state index contributed by atoms with van der Waals surface area (Å²) in [5, 5.41) is 0. The third-order valence-corrected chi connectivity index (χ3v) is 4.63. The largest absolute Gasteiger partial charge is 0.465 e. The molecule has 0 aliphatic carbocycles. The van der Waals surface area contributed by atoms with Crippen LogP contribution in [-0.2, 0) is 4.74 Å². The molecule has 0 unspecified atom stereocenters. The van der Waals surface area contributed by atoms with Gasteiger partial charge in [-0.05, 0) is 40.2 Å². The molecule has 0 fully saturated rings. The predicted octanol–water partition coefficient (Wildman–Crippen LogP) is 3.97. The first-order valence-electron chi connectivity index (χ1n) is 5.52. The lowest BCUT2D eigenvalue weighted by atomic mass is 10.2. The van der Waals surface area contributed by atoms with Gasteiger partial charge in [-0.1, -0.05) is 30.0 Å². The molecule has 5 heteroatoms. The molecule has 0 saturated heterocycles. The summed E-state index contributed by atoms with van der Waals surface area (Å²) in [5.74, 6) is -0.424. The van der Waals surface area contributed by atoms with Crippen LogP contribution in [0.1, 0.15) is 10.4 Å². The zero-order valence-corrected chi connectivity index (χ0v) is 12.6. The number of hydrogen-bond donors (Lipinski definition) is 1. The Balaban J connectivity index is 2.37. The molecule has 0 atom stereocenters. The van der Waals surface area contributed by atoms with Gasteiger partial charge in [0.05, 0.1) is 18.4 Å². The Morgan fingerprint density at radius 1 is 1.16 bits per heavy atom. The summed E-state index contributed by atoms with van der Waals surface area (Å²) >= 11 is 4.99. The number of methoxy groups -OCH3 is 1. The molecule has 2 N–H and O–H groups in total. The Kier molecular flexibility index (Phi) is 4.50. The van der Waals surface area contributed by atoms with E-state index in [1.165, 1.54) is 18.9 Å². The number of nitrogen functional groups attached to an aromatic ring is 1. The van der Waals surface area contributed by atoms with Crippen molar-refractivity contribution >= 4 is 39.3 Å². The Morgan fingerprint density at radius 3 is 2.53 bits per heavy atom. The lowest BCUT2D eigenvalue weighted by Gasteiger charge is -2.10. The predicted molar refractivity (Wildman–Crippen MR) is 80.5 cm³/mol. The normalized spacial score (nSPS) is 10.2. The number of hydrogen-bond acceptors (Lipinski definition) is 4. The summed E-state index contributed by atoms with van der Waals surface area (Å²) in [4.78, 5) is 13.5. The van der Waals surface area contributed by atoms with E-state index in [2.05, 4.69) is 15.9 Å². The van der Waals surface area contributed by atoms with Crippen molar-refractivity contribution in [2.75, 3.05) is 12.8 Å². The highest BCUT2D eigenvalue weighted by molar-refractivity contribution is 9.10. The molecule has 0 spiro atoms. The first-order chi connectivity index (χ1) is 9.13. The number of esters is 1. The minimum Gasteiger partial charge on any atom is -0.465 e. The molecule has 0 aromatic heterocycles. The van der Waals surface area contributed by atoms with E-state index in [0.717, 1.165) is 14.3 Å². The Bertz CT molecular complexity index is 616. The van der Waals surface area contributed by atoms with E-state index in [1.807, 2.05) is 30.3 Å². The quantitative estimate of drug-likeness (QED) is 0.680. The standard InChI is InChI=1S/C14H12BrNO2S/c1-18-14(17)9-5-4-8-12(13(9)16)19-11-7-3-2-6-10(11)15/h2-8H,16H2,1H3. The number of halogens is 1. The molecule has 0 bridgehead atoms. The minimum atomic E-state index is -0.424. The van der Waals surface area contributed by atoms with Crippen molar-refractivity contribution < 1.29 is 9.53 Å². The Morgan fingerprint density at radius 2 is 1.84 bits per heavy atom. The number of ether oxygens (including phenoxy) is 1. The lowest BCUT2D eigenvalue weighted by molar-refractivity contribution is 0.0601. The molecule has 0 aliphatic rings. The fraction of sp³-hybridized carbons (Fsp3) is 0.0714. The Labute approximate surface area is 124 Å². The van der Waals surface area contributed by atoms with Crippen LogP contribution in [0.2, 0.25) is 0 Å². The van der Waals surface area contributed by atoms with Crippen LogP contribution >= 0.6 is 27.7 Å². The van der Waals surface area contributed by atoms with Gasteiger partial charge < -0.3 is 10.5 Å². The van der Waals surface area contributed by atoms with Crippen molar-refractivity contribution in [3.8, 4) is 0 Å². The second-order valence-corrected chi connectivity index (χ2v) is 5.68. The molecule has 0 amide bonds. The van der Waals surface area contributed by atoms with Gasteiger partial charge in [0.2, 0.25) is 0 Å². The zero-order chi connectivity index (χ0) is 13.8. The third kappa shape index (κ3) is 3.11. The molecular weight excluding hydrogens is 326 g/mol. The van der Waals surface area contributed by atoms with Crippen LogP contribution in [0.4, 0.5) is 5.69 Å². The molecule has 3 nitrogen and oxygen atoms in total. The smallest absolute Gasteiger partial charge is 0.339 e. The molecule has 0 radical (unpaired) electrons. The fourth-order valence-corrected chi connectivity index (χ4v) is 3.01. The van der Waals surface area contributed by atoms with Gasteiger partial charge >= 0.3 is 5.97 Å². The van der Waals surface area contributed by atoms with Crippen LogP contribution < -0.4 is 5.73 Å². The first-order valence-corrected chi connectivity index (χ1v) is 7.13.